The van der Waals surface area contributed by atoms with Gasteiger partial charge in [-0.25, -0.2) is 0 Å². The van der Waals surface area contributed by atoms with E-state index in [-0.39, 0.29) is 13.1 Å². The smallest absolute Gasteiger partial charge is 0.266 e. The minimum Gasteiger partial charge on any atom is -0.338 e. The molecule has 152 valence electrons. The largest absolute Gasteiger partial charge is 0.338 e. The number of piperidine rings is 1. The van der Waals surface area contributed by atoms with Gasteiger partial charge in [-0.1, -0.05) is 27.2 Å². The number of ether oxygens (including phenoxy) is 2. The molecule has 7 heteroatoms. The summed E-state index contributed by atoms with van der Waals surface area (Å²) in [6, 6.07) is -0.136. The van der Waals surface area contributed by atoms with Crippen LogP contribution >= 0.6 is 0 Å². The average Bonchev–Trinajstić information content (AvgIpc) is 3.09. The van der Waals surface area contributed by atoms with Gasteiger partial charge >= 0.3 is 0 Å². The summed E-state index contributed by atoms with van der Waals surface area (Å²) >= 11 is 0. The number of hydrogen-bond donors (Lipinski definition) is 1. The molecular weight excluding hydrogens is 332 g/mol. The summed E-state index contributed by atoms with van der Waals surface area (Å²) in [4.78, 5) is 6.75. The van der Waals surface area contributed by atoms with Crippen LogP contribution in [-0.4, -0.2) is 41.3 Å². The van der Waals surface area contributed by atoms with Gasteiger partial charge in [0, 0.05) is 14.5 Å². The first-order valence-corrected chi connectivity index (χ1v) is 9.88. The summed E-state index contributed by atoms with van der Waals surface area (Å²) in [6.45, 7) is 17.0. The second-order valence-electron chi connectivity index (χ2n) is 8.46. The molecule has 2 aliphatic rings. The highest BCUT2D eigenvalue weighted by atomic mass is 16.8. The van der Waals surface area contributed by atoms with Crippen molar-refractivity contribution < 1.29 is 15.4 Å². The normalized spacial score (nSPS) is 26.9. The maximum absolute atomic E-state index is 5.93. The molecule has 0 spiro atoms. The molecule has 0 aromatic carbocycles. The number of nitrogens with zero attached hydrogens (tertiary/aromatic N) is 3. The van der Waals surface area contributed by atoms with Gasteiger partial charge in [-0.3, -0.25) is 5.32 Å². The Labute approximate surface area is 159 Å². The molecule has 1 aromatic rings. The van der Waals surface area contributed by atoms with E-state index in [4.69, 9.17) is 14.0 Å². The predicted octanol–water partition coefficient (Wildman–Crippen LogP) is 4.12. The maximum atomic E-state index is 5.93. The third kappa shape index (κ3) is 6.21. The lowest BCUT2D eigenvalue weighted by molar-refractivity contribution is -0.149. The Kier molecular flexibility index (Phi) is 7.05. The van der Waals surface area contributed by atoms with Gasteiger partial charge in [-0.2, -0.15) is 4.98 Å². The molecule has 0 amide bonds. The Morgan fingerprint density at radius 1 is 1.42 bits per heavy atom. The Morgan fingerprint density at radius 3 is 2.62 bits per heavy atom. The zero-order valence-electron chi connectivity index (χ0n) is 17.5. The van der Waals surface area contributed by atoms with Crippen LogP contribution < -0.4 is 10.2 Å². The Bertz CT molecular complexity index is 557. The maximum Gasteiger partial charge on any atom is 0.266 e. The standard InChI is InChI=1S/C16H28N4O3.C3H8.H2/c1-11-7-6-8-20(9-11)14-17-13(22-19-14)12(2)18-16(10-21-16)23-15(3,4)5;1-3-2;/h11-12,18H,6-10H2,1-5H3;3H2,1-2H3;1H/t11-,12+,16?;;/m0../s1. The van der Waals surface area contributed by atoms with E-state index in [1.165, 1.54) is 19.3 Å². The average molecular weight is 371 g/mol. The van der Waals surface area contributed by atoms with Crippen molar-refractivity contribution in [3.8, 4) is 0 Å². The van der Waals surface area contributed by atoms with Crippen molar-refractivity contribution in [3.05, 3.63) is 5.89 Å². The van der Waals surface area contributed by atoms with Crippen LogP contribution in [0.3, 0.4) is 0 Å². The molecule has 1 aromatic heterocycles. The second kappa shape index (κ2) is 8.67. The molecule has 2 saturated heterocycles. The first-order chi connectivity index (χ1) is 12.2. The number of aromatic nitrogens is 2. The van der Waals surface area contributed by atoms with E-state index in [0.717, 1.165) is 13.1 Å². The van der Waals surface area contributed by atoms with Gasteiger partial charge < -0.3 is 18.9 Å². The zero-order chi connectivity index (χ0) is 19.4. The molecule has 26 heavy (non-hydrogen) atoms. The van der Waals surface area contributed by atoms with Gasteiger partial charge in [0.15, 0.2) is 0 Å². The zero-order valence-corrected chi connectivity index (χ0v) is 17.5. The summed E-state index contributed by atoms with van der Waals surface area (Å²) in [5.41, 5.74) is -0.285. The number of hydrogen-bond acceptors (Lipinski definition) is 7. The molecule has 7 nitrogen and oxygen atoms in total. The van der Waals surface area contributed by atoms with Gasteiger partial charge in [0.25, 0.3) is 11.9 Å². The molecule has 1 N–H and O–H groups in total. The second-order valence-corrected chi connectivity index (χ2v) is 8.46. The van der Waals surface area contributed by atoms with Crippen LogP contribution in [0, 0.1) is 5.92 Å². The van der Waals surface area contributed by atoms with Crippen LogP contribution in [0.4, 0.5) is 5.95 Å². The van der Waals surface area contributed by atoms with Crippen LogP contribution in [-0.2, 0) is 9.47 Å². The predicted molar refractivity (Wildman–Crippen MR) is 104 cm³/mol. The van der Waals surface area contributed by atoms with Gasteiger partial charge in [0.05, 0.1) is 11.6 Å². The van der Waals surface area contributed by atoms with Crippen LogP contribution in [0.5, 0.6) is 0 Å². The lowest BCUT2D eigenvalue weighted by Crippen LogP contribution is -2.43. The molecule has 0 bridgehead atoms. The van der Waals surface area contributed by atoms with E-state index >= 15 is 0 Å². The van der Waals surface area contributed by atoms with Crippen LogP contribution in [0.25, 0.3) is 0 Å². The van der Waals surface area contributed by atoms with Crippen molar-refractivity contribution in [2.45, 2.75) is 85.3 Å². The molecule has 0 aliphatic carbocycles. The lowest BCUT2D eigenvalue weighted by Gasteiger charge is -2.29. The van der Waals surface area contributed by atoms with Crippen molar-refractivity contribution in [1.82, 2.24) is 15.5 Å². The van der Waals surface area contributed by atoms with Gasteiger partial charge in [0.1, 0.15) is 6.61 Å². The van der Waals surface area contributed by atoms with Crippen LogP contribution in [0.15, 0.2) is 4.52 Å². The Morgan fingerprint density at radius 2 is 2.08 bits per heavy atom. The van der Waals surface area contributed by atoms with Gasteiger partial charge in [-0.15, -0.1) is 0 Å². The molecule has 3 rings (SSSR count). The van der Waals surface area contributed by atoms with E-state index in [1.807, 2.05) is 27.7 Å². The van der Waals surface area contributed by atoms with E-state index in [2.05, 4.69) is 41.1 Å². The van der Waals surface area contributed by atoms with Crippen LogP contribution in [0.2, 0.25) is 0 Å². The Balaban J connectivity index is 0.000000855. The fraction of sp³-hybridized carbons (Fsp3) is 0.895. The summed E-state index contributed by atoms with van der Waals surface area (Å²) in [7, 11) is 0. The third-order valence-electron chi connectivity index (χ3n) is 4.06. The van der Waals surface area contributed by atoms with Gasteiger partial charge in [0.2, 0.25) is 5.89 Å². The number of nitrogens with one attached hydrogen (secondary N) is 1. The summed E-state index contributed by atoms with van der Waals surface area (Å²) < 4.78 is 16.8. The van der Waals surface area contributed by atoms with E-state index in [1.54, 1.807) is 0 Å². The highest BCUT2D eigenvalue weighted by molar-refractivity contribution is 5.28. The Hall–Kier alpha value is -1.18. The first kappa shape index (κ1) is 21.1. The summed E-state index contributed by atoms with van der Waals surface area (Å²) in [6.07, 6.45) is 3.69. The van der Waals surface area contributed by atoms with Crippen molar-refractivity contribution in [2.24, 2.45) is 5.92 Å². The number of epoxide rings is 1. The third-order valence-corrected chi connectivity index (χ3v) is 4.06. The minimum absolute atomic E-state index is 0. The quantitative estimate of drug-likeness (QED) is 0.617. The van der Waals surface area contributed by atoms with E-state index in [9.17, 15) is 0 Å². The topological polar surface area (TPSA) is 76.0 Å². The molecule has 2 aliphatic heterocycles. The molecule has 0 radical (unpaired) electrons. The molecular formula is C19H38N4O3. The monoisotopic (exact) mass is 370 g/mol. The van der Waals surface area contributed by atoms with Crippen molar-refractivity contribution >= 4 is 5.95 Å². The number of rotatable bonds is 5. The molecule has 2 fully saturated rings. The van der Waals surface area contributed by atoms with Gasteiger partial charge in [-0.05, 0) is 51.6 Å². The first-order valence-electron chi connectivity index (χ1n) is 9.88. The summed E-state index contributed by atoms with van der Waals surface area (Å²) in [5.74, 6) is 1.18. The SMILES string of the molecule is CCC.C[C@H]1CCCN(c2noc([C@@H](C)NC3(OC(C)(C)C)CO3)n2)C1.[HH]. The molecule has 3 heterocycles. The molecule has 1 unspecified atom stereocenters. The van der Waals surface area contributed by atoms with Crippen molar-refractivity contribution in [2.75, 3.05) is 24.6 Å². The lowest BCUT2D eigenvalue weighted by atomic mass is 10.0. The van der Waals surface area contributed by atoms with E-state index < -0.39 is 5.91 Å². The molecule has 3 atom stereocenters. The molecule has 0 saturated carbocycles. The van der Waals surface area contributed by atoms with Crippen LogP contribution in [0.1, 0.15) is 81.1 Å². The summed E-state index contributed by atoms with van der Waals surface area (Å²) in [5, 5.41) is 7.44. The highest BCUT2D eigenvalue weighted by Gasteiger charge is 2.50. The fourth-order valence-electron chi connectivity index (χ4n) is 3.03. The minimum atomic E-state index is -0.730. The number of anilines is 1. The van der Waals surface area contributed by atoms with Crippen molar-refractivity contribution in [3.63, 3.8) is 0 Å². The fourth-order valence-corrected chi connectivity index (χ4v) is 3.03. The van der Waals surface area contributed by atoms with E-state index in [0.29, 0.717) is 24.4 Å². The highest BCUT2D eigenvalue weighted by Crippen LogP contribution is 2.33. The van der Waals surface area contributed by atoms with Crippen molar-refractivity contribution in [1.29, 1.82) is 0 Å².